The molecule has 2 aromatic carbocycles. The number of amides is 1. The van der Waals surface area contributed by atoms with Crippen LogP contribution in [0.15, 0.2) is 42.5 Å². The summed E-state index contributed by atoms with van der Waals surface area (Å²) in [7, 11) is -3.47. The van der Waals surface area contributed by atoms with Gasteiger partial charge < -0.3 is 10.1 Å². The molecule has 2 aromatic rings. The second-order valence-electron chi connectivity index (χ2n) is 6.09. The molecule has 0 spiro atoms. The average molecular weight is 425 g/mol. The van der Waals surface area contributed by atoms with E-state index in [0.717, 1.165) is 19.1 Å². The fourth-order valence-corrected chi connectivity index (χ4v) is 3.09. The molecule has 1 amide bonds. The van der Waals surface area contributed by atoms with Crippen molar-refractivity contribution >= 4 is 44.9 Å². The van der Waals surface area contributed by atoms with Gasteiger partial charge in [-0.2, -0.15) is 0 Å². The molecule has 28 heavy (non-hydrogen) atoms. The standard InChI is InChI=1S/C19H21ClN2O5S/c1-3-4-11-27-19(24)13-5-8-15(9-6-13)21-18(23)14-7-10-17(16(20)12-14)22-28(2,25)26/h5-10,12,22H,3-4,11H2,1-2H3,(H,21,23). The van der Waals surface area contributed by atoms with Crippen molar-refractivity contribution in [2.45, 2.75) is 19.8 Å². The van der Waals surface area contributed by atoms with Crippen LogP contribution in [0.1, 0.15) is 40.5 Å². The number of esters is 1. The first kappa shape index (κ1) is 21.7. The van der Waals surface area contributed by atoms with Crippen LogP contribution in [0.5, 0.6) is 0 Å². The zero-order chi connectivity index (χ0) is 20.7. The molecule has 0 aliphatic rings. The molecule has 0 radical (unpaired) electrons. The van der Waals surface area contributed by atoms with Gasteiger partial charge in [0, 0.05) is 11.3 Å². The van der Waals surface area contributed by atoms with E-state index >= 15 is 0 Å². The number of halogens is 1. The lowest BCUT2D eigenvalue weighted by Gasteiger charge is -2.10. The second-order valence-corrected chi connectivity index (χ2v) is 8.25. The predicted octanol–water partition coefficient (Wildman–Crippen LogP) is 3.92. The molecular formula is C19H21ClN2O5S. The van der Waals surface area contributed by atoms with Crippen LogP contribution < -0.4 is 10.0 Å². The minimum atomic E-state index is -3.47. The van der Waals surface area contributed by atoms with Gasteiger partial charge in [-0.3, -0.25) is 9.52 Å². The summed E-state index contributed by atoms with van der Waals surface area (Å²) in [6.45, 7) is 2.38. The summed E-state index contributed by atoms with van der Waals surface area (Å²) in [5.41, 5.74) is 1.33. The van der Waals surface area contributed by atoms with Crippen LogP contribution in [0.4, 0.5) is 11.4 Å². The number of hydrogen-bond acceptors (Lipinski definition) is 5. The van der Waals surface area contributed by atoms with E-state index in [0.29, 0.717) is 17.9 Å². The average Bonchev–Trinajstić information content (AvgIpc) is 2.63. The van der Waals surface area contributed by atoms with Gasteiger partial charge in [0.1, 0.15) is 0 Å². The molecule has 0 saturated heterocycles. The maximum absolute atomic E-state index is 12.4. The molecule has 2 rings (SSSR count). The minimum Gasteiger partial charge on any atom is -0.462 e. The summed E-state index contributed by atoms with van der Waals surface area (Å²) in [6.07, 6.45) is 2.75. The minimum absolute atomic E-state index is 0.100. The third kappa shape index (κ3) is 6.54. The highest BCUT2D eigenvalue weighted by Gasteiger charge is 2.12. The van der Waals surface area contributed by atoms with Crippen molar-refractivity contribution < 1.29 is 22.7 Å². The molecule has 0 heterocycles. The Morgan fingerprint density at radius 2 is 1.71 bits per heavy atom. The lowest BCUT2D eigenvalue weighted by molar-refractivity contribution is 0.0499. The number of hydrogen-bond donors (Lipinski definition) is 2. The Hall–Kier alpha value is -2.58. The number of nitrogens with one attached hydrogen (secondary N) is 2. The molecule has 150 valence electrons. The zero-order valence-electron chi connectivity index (χ0n) is 15.5. The van der Waals surface area contributed by atoms with E-state index in [1.165, 1.54) is 18.2 Å². The topological polar surface area (TPSA) is 102 Å². The maximum Gasteiger partial charge on any atom is 0.338 e. The zero-order valence-corrected chi connectivity index (χ0v) is 17.1. The Morgan fingerprint density at radius 1 is 1.07 bits per heavy atom. The van der Waals surface area contributed by atoms with Crippen LogP contribution in [0.3, 0.4) is 0 Å². The molecule has 7 nitrogen and oxygen atoms in total. The summed E-state index contributed by atoms with van der Waals surface area (Å²) in [5, 5.41) is 2.78. The Bertz CT molecular complexity index is 959. The van der Waals surface area contributed by atoms with Gasteiger partial charge in [0.05, 0.1) is 29.1 Å². The van der Waals surface area contributed by atoms with E-state index in [1.807, 2.05) is 6.92 Å². The van der Waals surface area contributed by atoms with Crippen molar-refractivity contribution in [2.75, 3.05) is 22.9 Å². The molecule has 0 aliphatic carbocycles. The molecular weight excluding hydrogens is 404 g/mol. The van der Waals surface area contributed by atoms with Crippen LogP contribution in [-0.4, -0.2) is 33.2 Å². The molecule has 0 atom stereocenters. The molecule has 0 aliphatic heterocycles. The molecule has 0 unspecified atom stereocenters. The Labute approximate surface area is 169 Å². The van der Waals surface area contributed by atoms with E-state index in [-0.39, 0.29) is 16.3 Å². The van der Waals surface area contributed by atoms with Gasteiger partial charge in [0.25, 0.3) is 5.91 Å². The van der Waals surface area contributed by atoms with E-state index in [9.17, 15) is 18.0 Å². The number of rotatable bonds is 8. The monoisotopic (exact) mass is 424 g/mol. The van der Waals surface area contributed by atoms with Crippen LogP contribution in [0.2, 0.25) is 5.02 Å². The normalized spacial score (nSPS) is 11.0. The number of carbonyl (C=O) groups is 2. The number of sulfonamides is 1. The Balaban J connectivity index is 2.02. The first-order valence-electron chi connectivity index (χ1n) is 8.55. The number of unbranched alkanes of at least 4 members (excludes halogenated alkanes) is 1. The first-order chi connectivity index (χ1) is 13.2. The number of ether oxygens (including phenoxy) is 1. The molecule has 9 heteroatoms. The number of anilines is 2. The van der Waals surface area contributed by atoms with Gasteiger partial charge in [0.15, 0.2) is 0 Å². The summed E-state index contributed by atoms with van der Waals surface area (Å²) >= 11 is 6.03. The van der Waals surface area contributed by atoms with Gasteiger partial charge >= 0.3 is 5.97 Å². The summed E-state index contributed by atoms with van der Waals surface area (Å²) in [6, 6.07) is 10.5. The van der Waals surface area contributed by atoms with E-state index in [1.54, 1.807) is 24.3 Å². The summed E-state index contributed by atoms with van der Waals surface area (Å²) in [4.78, 5) is 24.2. The third-order valence-electron chi connectivity index (χ3n) is 3.64. The predicted molar refractivity (Wildman–Crippen MR) is 110 cm³/mol. The summed E-state index contributed by atoms with van der Waals surface area (Å²) < 4.78 is 30.0. The van der Waals surface area contributed by atoms with Crippen molar-refractivity contribution in [2.24, 2.45) is 0 Å². The Kier molecular flexibility index (Phi) is 7.42. The first-order valence-corrected chi connectivity index (χ1v) is 10.8. The highest BCUT2D eigenvalue weighted by Crippen LogP contribution is 2.24. The van der Waals surface area contributed by atoms with Crippen molar-refractivity contribution in [1.82, 2.24) is 0 Å². The molecule has 0 fully saturated rings. The largest absolute Gasteiger partial charge is 0.462 e. The van der Waals surface area contributed by atoms with Crippen molar-refractivity contribution in [1.29, 1.82) is 0 Å². The second kappa shape index (κ2) is 9.57. The quantitative estimate of drug-likeness (QED) is 0.494. The highest BCUT2D eigenvalue weighted by atomic mass is 35.5. The fourth-order valence-electron chi connectivity index (χ4n) is 2.22. The molecule has 0 saturated carbocycles. The smallest absolute Gasteiger partial charge is 0.338 e. The van der Waals surface area contributed by atoms with Gasteiger partial charge in [-0.05, 0) is 48.9 Å². The van der Waals surface area contributed by atoms with Crippen molar-refractivity contribution in [3.63, 3.8) is 0 Å². The molecule has 0 bridgehead atoms. The van der Waals surface area contributed by atoms with Crippen LogP contribution >= 0.6 is 11.6 Å². The molecule has 0 aromatic heterocycles. The Morgan fingerprint density at radius 3 is 2.29 bits per heavy atom. The van der Waals surface area contributed by atoms with Gasteiger partial charge in [-0.15, -0.1) is 0 Å². The van der Waals surface area contributed by atoms with Gasteiger partial charge in [-0.25, -0.2) is 13.2 Å². The van der Waals surface area contributed by atoms with E-state index < -0.39 is 21.9 Å². The highest BCUT2D eigenvalue weighted by molar-refractivity contribution is 7.92. The van der Waals surface area contributed by atoms with Crippen molar-refractivity contribution in [3.05, 3.63) is 58.6 Å². The van der Waals surface area contributed by atoms with E-state index in [2.05, 4.69) is 10.0 Å². The number of carbonyl (C=O) groups excluding carboxylic acids is 2. The lowest BCUT2D eigenvalue weighted by atomic mass is 10.1. The van der Waals surface area contributed by atoms with Crippen molar-refractivity contribution in [3.8, 4) is 0 Å². The van der Waals surface area contributed by atoms with Gasteiger partial charge in [-0.1, -0.05) is 24.9 Å². The third-order valence-corrected chi connectivity index (χ3v) is 4.54. The van der Waals surface area contributed by atoms with Gasteiger partial charge in [0.2, 0.25) is 10.0 Å². The molecule has 2 N–H and O–H groups in total. The van der Waals surface area contributed by atoms with Crippen LogP contribution in [0.25, 0.3) is 0 Å². The SMILES string of the molecule is CCCCOC(=O)c1ccc(NC(=O)c2ccc(NS(C)(=O)=O)c(Cl)c2)cc1. The van der Waals surface area contributed by atoms with E-state index in [4.69, 9.17) is 16.3 Å². The maximum atomic E-state index is 12.4. The number of benzene rings is 2. The van der Waals surface area contributed by atoms with Crippen LogP contribution in [-0.2, 0) is 14.8 Å². The fraction of sp³-hybridized carbons (Fsp3) is 0.263. The lowest BCUT2D eigenvalue weighted by Crippen LogP contribution is -2.13. The van der Waals surface area contributed by atoms with Crippen LogP contribution in [0, 0.1) is 0 Å². The summed E-state index contributed by atoms with van der Waals surface area (Å²) in [5.74, 6) is -0.835.